The van der Waals surface area contributed by atoms with Crippen LogP contribution in [0.5, 0.6) is 0 Å². The molecule has 0 unspecified atom stereocenters. The third-order valence-electron chi connectivity index (χ3n) is 3.12. The highest BCUT2D eigenvalue weighted by molar-refractivity contribution is 5.29. The van der Waals surface area contributed by atoms with Crippen molar-refractivity contribution < 1.29 is 5.11 Å². The number of aliphatic hydroxyl groups is 1. The van der Waals surface area contributed by atoms with Crippen LogP contribution in [0.2, 0.25) is 0 Å². The topological polar surface area (TPSA) is 58.0 Å². The van der Waals surface area contributed by atoms with Crippen molar-refractivity contribution >= 4 is 5.95 Å². The van der Waals surface area contributed by atoms with E-state index in [2.05, 4.69) is 15.3 Å². The molecule has 0 bridgehead atoms. The van der Waals surface area contributed by atoms with Crippen molar-refractivity contribution in [1.82, 2.24) is 9.97 Å². The van der Waals surface area contributed by atoms with Gasteiger partial charge >= 0.3 is 0 Å². The molecule has 20 heavy (non-hydrogen) atoms. The highest BCUT2D eigenvalue weighted by Gasteiger charge is 2.13. The number of aromatic nitrogens is 2. The maximum Gasteiger partial charge on any atom is 0.223 e. The molecule has 0 radical (unpaired) electrons. The van der Waals surface area contributed by atoms with E-state index in [1.165, 1.54) is 0 Å². The summed E-state index contributed by atoms with van der Waals surface area (Å²) in [6, 6.07) is 11.7. The van der Waals surface area contributed by atoms with E-state index < -0.39 is 6.10 Å². The lowest BCUT2D eigenvalue weighted by Gasteiger charge is -2.18. The van der Waals surface area contributed by atoms with Gasteiger partial charge in [-0.2, -0.15) is 0 Å². The fourth-order valence-corrected chi connectivity index (χ4v) is 2.22. The molecular formula is C16H21N3O. The van der Waals surface area contributed by atoms with Gasteiger partial charge in [0.05, 0.1) is 6.10 Å². The first-order chi connectivity index (χ1) is 9.54. The Morgan fingerprint density at radius 2 is 1.70 bits per heavy atom. The minimum absolute atomic E-state index is 0.0893. The molecule has 1 heterocycles. The van der Waals surface area contributed by atoms with Crippen molar-refractivity contribution in [2.45, 2.75) is 39.3 Å². The van der Waals surface area contributed by atoms with Crippen LogP contribution in [0.3, 0.4) is 0 Å². The van der Waals surface area contributed by atoms with Gasteiger partial charge in [0.2, 0.25) is 5.95 Å². The summed E-state index contributed by atoms with van der Waals surface area (Å²) < 4.78 is 0. The molecule has 0 amide bonds. The van der Waals surface area contributed by atoms with Crippen LogP contribution in [0.25, 0.3) is 0 Å². The molecule has 0 spiro atoms. The summed E-state index contributed by atoms with van der Waals surface area (Å²) in [5, 5.41) is 13.4. The van der Waals surface area contributed by atoms with Crippen LogP contribution in [-0.4, -0.2) is 21.1 Å². The van der Waals surface area contributed by atoms with E-state index in [0.717, 1.165) is 17.0 Å². The van der Waals surface area contributed by atoms with Gasteiger partial charge in [-0.1, -0.05) is 30.3 Å². The normalized spacial score (nSPS) is 13.8. The van der Waals surface area contributed by atoms with Gasteiger partial charge in [-0.25, -0.2) is 9.97 Å². The summed E-state index contributed by atoms with van der Waals surface area (Å²) >= 11 is 0. The molecule has 4 heteroatoms. The second-order valence-corrected chi connectivity index (χ2v) is 5.18. The Labute approximate surface area is 119 Å². The molecule has 2 atom stereocenters. The Bertz CT molecular complexity index is 537. The van der Waals surface area contributed by atoms with Gasteiger partial charge in [0.15, 0.2) is 0 Å². The van der Waals surface area contributed by atoms with Gasteiger partial charge in [-0.3, -0.25) is 0 Å². The first kappa shape index (κ1) is 14.5. The molecule has 2 N–H and O–H groups in total. The molecule has 0 aliphatic rings. The molecule has 2 rings (SSSR count). The zero-order valence-corrected chi connectivity index (χ0v) is 12.2. The molecule has 4 nitrogen and oxygen atoms in total. The zero-order valence-electron chi connectivity index (χ0n) is 12.2. The van der Waals surface area contributed by atoms with E-state index >= 15 is 0 Å². The standard InChI is InChI=1S/C16H21N3O/c1-11-9-12(2)18-16(17-11)19-13(3)10-15(20)14-7-5-4-6-8-14/h4-9,13,15,20H,10H2,1-3H3,(H,17,18,19)/t13-,15+/m0/s1. The number of benzene rings is 1. The number of nitrogens with one attached hydrogen (secondary N) is 1. The summed E-state index contributed by atoms with van der Waals surface area (Å²) in [6.07, 6.45) is 0.130. The Balaban J connectivity index is 1.97. The SMILES string of the molecule is Cc1cc(C)nc(N[C@@H](C)C[C@@H](O)c2ccccc2)n1. The Hall–Kier alpha value is -1.94. The summed E-state index contributed by atoms with van der Waals surface area (Å²) in [6.45, 7) is 5.92. The molecule has 0 saturated carbocycles. The lowest BCUT2D eigenvalue weighted by Crippen LogP contribution is -2.20. The van der Waals surface area contributed by atoms with Gasteiger partial charge < -0.3 is 10.4 Å². The molecule has 0 aliphatic heterocycles. The quantitative estimate of drug-likeness (QED) is 0.877. The van der Waals surface area contributed by atoms with Gasteiger partial charge in [-0.15, -0.1) is 0 Å². The summed E-state index contributed by atoms with van der Waals surface area (Å²) in [5.41, 5.74) is 2.81. The average Bonchev–Trinajstić information content (AvgIpc) is 2.38. The Kier molecular flexibility index (Phi) is 4.69. The fraction of sp³-hybridized carbons (Fsp3) is 0.375. The fourth-order valence-electron chi connectivity index (χ4n) is 2.22. The van der Waals surface area contributed by atoms with Crippen LogP contribution in [-0.2, 0) is 0 Å². The van der Waals surface area contributed by atoms with E-state index in [9.17, 15) is 5.11 Å². The first-order valence-electron chi connectivity index (χ1n) is 6.86. The lowest BCUT2D eigenvalue weighted by molar-refractivity contribution is 0.162. The number of nitrogens with zero attached hydrogens (tertiary/aromatic N) is 2. The van der Waals surface area contributed by atoms with Crippen molar-refractivity contribution in [3.8, 4) is 0 Å². The van der Waals surface area contributed by atoms with Crippen LogP contribution in [0.4, 0.5) is 5.95 Å². The molecule has 0 saturated heterocycles. The summed E-state index contributed by atoms with van der Waals surface area (Å²) in [5.74, 6) is 0.621. The lowest BCUT2D eigenvalue weighted by atomic mass is 10.0. The minimum atomic E-state index is -0.482. The van der Waals surface area contributed by atoms with Crippen LogP contribution in [0.15, 0.2) is 36.4 Å². The van der Waals surface area contributed by atoms with Crippen LogP contribution < -0.4 is 5.32 Å². The van der Waals surface area contributed by atoms with E-state index in [1.54, 1.807) is 0 Å². The van der Waals surface area contributed by atoms with Crippen LogP contribution in [0, 0.1) is 13.8 Å². The minimum Gasteiger partial charge on any atom is -0.388 e. The van der Waals surface area contributed by atoms with Gasteiger partial charge in [0, 0.05) is 17.4 Å². The molecular weight excluding hydrogens is 250 g/mol. The number of rotatable bonds is 5. The monoisotopic (exact) mass is 271 g/mol. The van der Waals surface area contributed by atoms with Crippen molar-refractivity contribution in [2.75, 3.05) is 5.32 Å². The molecule has 0 aliphatic carbocycles. The van der Waals surface area contributed by atoms with Crippen molar-refractivity contribution in [3.05, 3.63) is 53.3 Å². The average molecular weight is 271 g/mol. The number of hydrogen-bond donors (Lipinski definition) is 2. The largest absolute Gasteiger partial charge is 0.388 e. The zero-order chi connectivity index (χ0) is 14.5. The number of aliphatic hydroxyl groups excluding tert-OH is 1. The Morgan fingerprint density at radius 1 is 1.10 bits per heavy atom. The Morgan fingerprint density at radius 3 is 2.30 bits per heavy atom. The highest BCUT2D eigenvalue weighted by atomic mass is 16.3. The number of aryl methyl sites for hydroxylation is 2. The molecule has 2 aromatic rings. The predicted octanol–water partition coefficient (Wildman–Crippen LogP) is 3.02. The van der Waals surface area contributed by atoms with Crippen molar-refractivity contribution in [1.29, 1.82) is 0 Å². The third kappa shape index (κ3) is 4.03. The smallest absolute Gasteiger partial charge is 0.223 e. The van der Waals surface area contributed by atoms with E-state index in [4.69, 9.17) is 0 Å². The van der Waals surface area contributed by atoms with Crippen molar-refractivity contribution in [3.63, 3.8) is 0 Å². The predicted molar refractivity (Wildman–Crippen MR) is 80.6 cm³/mol. The molecule has 1 aromatic carbocycles. The molecule has 106 valence electrons. The molecule has 0 fully saturated rings. The highest BCUT2D eigenvalue weighted by Crippen LogP contribution is 2.19. The number of anilines is 1. The number of hydrogen-bond acceptors (Lipinski definition) is 4. The van der Waals surface area contributed by atoms with E-state index in [0.29, 0.717) is 12.4 Å². The van der Waals surface area contributed by atoms with Crippen molar-refractivity contribution in [2.24, 2.45) is 0 Å². The second-order valence-electron chi connectivity index (χ2n) is 5.18. The van der Waals surface area contributed by atoms with Crippen LogP contribution >= 0.6 is 0 Å². The molecule has 1 aromatic heterocycles. The summed E-state index contributed by atoms with van der Waals surface area (Å²) in [7, 11) is 0. The second kappa shape index (κ2) is 6.48. The van der Waals surface area contributed by atoms with Gasteiger partial charge in [0.25, 0.3) is 0 Å². The maximum atomic E-state index is 10.2. The van der Waals surface area contributed by atoms with Crippen LogP contribution in [0.1, 0.15) is 36.4 Å². The first-order valence-corrected chi connectivity index (χ1v) is 6.86. The van der Waals surface area contributed by atoms with E-state index in [-0.39, 0.29) is 6.04 Å². The van der Waals surface area contributed by atoms with Gasteiger partial charge in [-0.05, 0) is 38.8 Å². The van der Waals surface area contributed by atoms with Gasteiger partial charge in [0.1, 0.15) is 0 Å². The maximum absolute atomic E-state index is 10.2. The third-order valence-corrected chi connectivity index (χ3v) is 3.12. The summed E-state index contributed by atoms with van der Waals surface area (Å²) in [4.78, 5) is 8.70. The van der Waals surface area contributed by atoms with E-state index in [1.807, 2.05) is 57.2 Å².